The lowest BCUT2D eigenvalue weighted by Gasteiger charge is -2.22. The van der Waals surface area contributed by atoms with E-state index in [1.165, 1.54) is 19.2 Å². The van der Waals surface area contributed by atoms with Crippen molar-refractivity contribution in [3.63, 3.8) is 0 Å². The molecule has 0 saturated carbocycles. The lowest BCUT2D eigenvalue weighted by atomic mass is 10.1. The summed E-state index contributed by atoms with van der Waals surface area (Å²) in [5.41, 5.74) is 6.80. The predicted molar refractivity (Wildman–Crippen MR) is 101 cm³/mol. The number of hydrogen-bond acceptors (Lipinski definition) is 4. The molecule has 0 aliphatic heterocycles. The summed E-state index contributed by atoms with van der Waals surface area (Å²) in [6.07, 6.45) is -1.17. The molecule has 0 spiro atoms. The van der Waals surface area contributed by atoms with E-state index in [1.54, 1.807) is 37.3 Å². The van der Waals surface area contributed by atoms with Crippen molar-refractivity contribution >= 4 is 23.5 Å². The number of ether oxygens (including phenoxy) is 2. The third-order valence-electron chi connectivity index (χ3n) is 3.87. The van der Waals surface area contributed by atoms with Gasteiger partial charge in [-0.3, -0.25) is 10.2 Å². The molecular weight excluding hydrogens is 373 g/mol. The monoisotopic (exact) mass is 393 g/mol. The average molecular weight is 394 g/mol. The molecule has 1 atom stereocenters. The number of carbonyl (C=O) groups is 1. The van der Waals surface area contributed by atoms with E-state index in [0.29, 0.717) is 11.3 Å². The van der Waals surface area contributed by atoms with E-state index in [1.807, 2.05) is 0 Å². The van der Waals surface area contributed by atoms with Crippen LogP contribution in [0.4, 0.5) is 4.39 Å². The summed E-state index contributed by atoms with van der Waals surface area (Å²) in [5.74, 6) is -0.908. The van der Waals surface area contributed by atoms with Crippen molar-refractivity contribution in [2.75, 3.05) is 13.7 Å². The molecule has 0 aromatic heterocycles. The van der Waals surface area contributed by atoms with Crippen molar-refractivity contribution in [1.29, 1.82) is 5.41 Å². The molecule has 0 aliphatic carbocycles. The van der Waals surface area contributed by atoms with E-state index >= 15 is 0 Å². The Kier molecular flexibility index (Phi) is 7.15. The number of amidine groups is 1. The highest BCUT2D eigenvalue weighted by Crippen LogP contribution is 2.27. The molecule has 0 fully saturated rings. The Labute approximate surface area is 162 Å². The highest BCUT2D eigenvalue weighted by molar-refractivity contribution is 6.21. The molecule has 2 aromatic rings. The Balaban J connectivity index is 2.18. The first kappa shape index (κ1) is 20.7. The number of nitrogens with two attached hydrogens (primary N) is 1. The summed E-state index contributed by atoms with van der Waals surface area (Å²) in [6.45, 7) is 2.00. The van der Waals surface area contributed by atoms with Crippen LogP contribution < -0.4 is 10.5 Å². The van der Waals surface area contributed by atoms with Crippen LogP contribution in [0.5, 0.6) is 5.75 Å². The molecule has 0 aliphatic rings. The number of methoxy groups -OCH3 is 1. The molecule has 1 unspecified atom stereocenters. The Bertz CT molecular complexity index is 814. The molecule has 2 rings (SSSR count). The molecule has 0 radical (unpaired) electrons. The zero-order valence-corrected chi connectivity index (χ0v) is 15.8. The van der Waals surface area contributed by atoms with Gasteiger partial charge < -0.3 is 15.2 Å². The van der Waals surface area contributed by atoms with Crippen LogP contribution in [0.2, 0.25) is 0 Å². The van der Waals surface area contributed by atoms with Crippen molar-refractivity contribution in [2.45, 2.75) is 19.6 Å². The molecule has 6 nitrogen and oxygen atoms in total. The summed E-state index contributed by atoms with van der Waals surface area (Å²) in [6, 6.07) is 10.9. The second-order valence-corrected chi connectivity index (χ2v) is 6.10. The van der Waals surface area contributed by atoms with Crippen LogP contribution in [0, 0.1) is 11.2 Å². The lowest BCUT2D eigenvalue weighted by Crippen LogP contribution is -2.29. The maximum atomic E-state index is 14.4. The molecule has 8 heteroatoms. The Morgan fingerprint density at radius 1 is 1.30 bits per heavy atom. The van der Waals surface area contributed by atoms with Gasteiger partial charge in [-0.15, -0.1) is 0 Å². The molecular formula is C19H21ClFN3O3. The largest absolute Gasteiger partial charge is 0.497 e. The van der Waals surface area contributed by atoms with Gasteiger partial charge in [0.15, 0.2) is 6.10 Å². The molecule has 0 saturated heterocycles. The number of rotatable bonds is 8. The highest BCUT2D eigenvalue weighted by atomic mass is 35.5. The van der Waals surface area contributed by atoms with E-state index in [9.17, 15) is 9.18 Å². The number of nitrogens with zero attached hydrogens (tertiary/aromatic N) is 1. The van der Waals surface area contributed by atoms with E-state index in [-0.39, 0.29) is 24.6 Å². The van der Waals surface area contributed by atoms with Gasteiger partial charge in [-0.25, -0.2) is 8.81 Å². The molecule has 27 heavy (non-hydrogen) atoms. The van der Waals surface area contributed by atoms with E-state index in [4.69, 9.17) is 32.4 Å². The smallest absolute Gasteiger partial charge is 0.271 e. The first-order chi connectivity index (χ1) is 12.9. The number of carbonyl (C=O) groups excluding carboxylic acids is 1. The van der Waals surface area contributed by atoms with Crippen LogP contribution in [0.1, 0.15) is 29.7 Å². The van der Waals surface area contributed by atoms with Crippen molar-refractivity contribution in [1.82, 2.24) is 4.42 Å². The van der Waals surface area contributed by atoms with Crippen LogP contribution >= 0.6 is 11.8 Å². The van der Waals surface area contributed by atoms with Gasteiger partial charge in [0.05, 0.1) is 13.7 Å². The normalized spacial score (nSPS) is 11.7. The first-order valence-corrected chi connectivity index (χ1v) is 8.56. The van der Waals surface area contributed by atoms with Crippen LogP contribution in [0.25, 0.3) is 0 Å². The number of amides is 1. The third kappa shape index (κ3) is 5.18. The fraction of sp³-hybridized carbons (Fsp3) is 0.263. The SMILES string of the molecule is CCOC(C(=O)N(Cl)Cc1ccc(C(=N)N)cc1)c1ccc(OC)cc1F. The second kappa shape index (κ2) is 9.34. The van der Waals surface area contributed by atoms with Gasteiger partial charge in [0, 0.05) is 35.6 Å². The summed E-state index contributed by atoms with van der Waals surface area (Å²) in [4.78, 5) is 12.7. The average Bonchev–Trinajstić information content (AvgIpc) is 2.66. The first-order valence-electron chi connectivity index (χ1n) is 8.22. The van der Waals surface area contributed by atoms with Crippen molar-refractivity contribution < 1.29 is 18.7 Å². The molecule has 144 valence electrons. The molecule has 1 amide bonds. The van der Waals surface area contributed by atoms with Gasteiger partial charge in [-0.1, -0.05) is 24.3 Å². The summed E-state index contributed by atoms with van der Waals surface area (Å²) >= 11 is 6.15. The van der Waals surface area contributed by atoms with Gasteiger partial charge >= 0.3 is 0 Å². The second-order valence-electron chi connectivity index (χ2n) is 5.69. The van der Waals surface area contributed by atoms with Gasteiger partial charge in [0.1, 0.15) is 17.4 Å². The van der Waals surface area contributed by atoms with E-state index < -0.39 is 17.8 Å². The molecule has 0 bridgehead atoms. The number of nitrogens with one attached hydrogen (secondary N) is 1. The Morgan fingerprint density at radius 3 is 2.48 bits per heavy atom. The van der Waals surface area contributed by atoms with E-state index in [2.05, 4.69) is 0 Å². The topological polar surface area (TPSA) is 88.6 Å². The van der Waals surface area contributed by atoms with Crippen molar-refractivity contribution in [3.8, 4) is 5.75 Å². The minimum atomic E-state index is -1.17. The zero-order valence-electron chi connectivity index (χ0n) is 15.0. The zero-order chi connectivity index (χ0) is 20.0. The predicted octanol–water partition coefficient (Wildman–Crippen LogP) is 3.38. The maximum Gasteiger partial charge on any atom is 0.271 e. The highest BCUT2D eigenvalue weighted by Gasteiger charge is 2.28. The fourth-order valence-electron chi connectivity index (χ4n) is 2.46. The van der Waals surface area contributed by atoms with Crippen molar-refractivity contribution in [3.05, 3.63) is 65.0 Å². The Hall–Kier alpha value is -2.64. The number of benzene rings is 2. The fourth-order valence-corrected chi connectivity index (χ4v) is 2.69. The van der Waals surface area contributed by atoms with Gasteiger partial charge in [-0.2, -0.15) is 0 Å². The quantitative estimate of drug-likeness (QED) is 0.409. The standard InChI is InChI=1S/C19H21ClFN3O3/c1-3-27-17(15-9-8-14(26-2)10-16(15)21)19(25)24(20)11-12-4-6-13(7-5-12)18(22)23/h4-10,17H,3,11H2,1-2H3,(H3,22,23). The Morgan fingerprint density at radius 2 is 1.96 bits per heavy atom. The number of nitrogen functional groups attached to an aromatic ring is 1. The van der Waals surface area contributed by atoms with Gasteiger partial charge in [0.2, 0.25) is 0 Å². The van der Waals surface area contributed by atoms with Crippen molar-refractivity contribution in [2.24, 2.45) is 5.73 Å². The van der Waals surface area contributed by atoms with Crippen LogP contribution in [0.15, 0.2) is 42.5 Å². The van der Waals surface area contributed by atoms with E-state index in [0.717, 1.165) is 9.98 Å². The number of hydrogen-bond donors (Lipinski definition) is 2. The molecule has 0 heterocycles. The molecule has 2 aromatic carbocycles. The summed E-state index contributed by atoms with van der Waals surface area (Å²) in [7, 11) is 1.43. The van der Waals surface area contributed by atoms with Gasteiger partial charge in [-0.05, 0) is 24.6 Å². The van der Waals surface area contributed by atoms with Crippen LogP contribution in [-0.4, -0.2) is 29.9 Å². The molecule has 3 N–H and O–H groups in total. The third-order valence-corrected chi connectivity index (χ3v) is 4.16. The lowest BCUT2D eigenvalue weighted by molar-refractivity contribution is -0.139. The van der Waals surface area contributed by atoms with Crippen LogP contribution in [-0.2, 0) is 16.1 Å². The maximum absolute atomic E-state index is 14.4. The summed E-state index contributed by atoms with van der Waals surface area (Å²) in [5, 5.41) is 7.39. The van der Waals surface area contributed by atoms with Crippen LogP contribution in [0.3, 0.4) is 0 Å². The number of halogens is 2. The summed E-state index contributed by atoms with van der Waals surface area (Å²) < 4.78 is 25.8. The minimum absolute atomic E-state index is 0.0493. The minimum Gasteiger partial charge on any atom is -0.497 e. The van der Waals surface area contributed by atoms with Gasteiger partial charge in [0.25, 0.3) is 5.91 Å².